The highest BCUT2D eigenvalue weighted by Crippen LogP contribution is 2.15. The minimum atomic E-state index is -3.68. The first-order valence-corrected chi connectivity index (χ1v) is 10.6. The normalized spacial score (nSPS) is 12.8. The number of hydrogen-bond acceptors (Lipinski definition) is 3. The van der Waals surface area contributed by atoms with Gasteiger partial charge in [0.2, 0.25) is 15.9 Å². The number of nitrogens with zero attached hydrogens (tertiary/aromatic N) is 1. The number of amides is 1. The van der Waals surface area contributed by atoms with Crippen molar-refractivity contribution in [1.82, 2.24) is 9.62 Å². The summed E-state index contributed by atoms with van der Waals surface area (Å²) < 4.78 is 38.9. The molecule has 0 aliphatic rings. The molecule has 1 amide bonds. The lowest BCUT2D eigenvalue weighted by Gasteiger charge is -2.21. The summed E-state index contributed by atoms with van der Waals surface area (Å²) in [4.78, 5) is 12.4. The fraction of sp³-hybridized carbons (Fsp3) is 0.350. The molecule has 0 unspecified atom stereocenters. The van der Waals surface area contributed by atoms with Crippen LogP contribution in [0.4, 0.5) is 4.39 Å². The van der Waals surface area contributed by atoms with E-state index < -0.39 is 21.7 Å². The number of halogens is 1. The van der Waals surface area contributed by atoms with E-state index in [2.05, 4.69) is 12.2 Å². The largest absolute Gasteiger partial charge is 0.348 e. The summed E-state index contributed by atoms with van der Waals surface area (Å²) in [6, 6.07) is 13.5. The molecule has 5 nitrogen and oxygen atoms in total. The number of carbonyl (C=O) groups excluding carboxylic acids is 1. The third kappa shape index (κ3) is 6.15. The summed E-state index contributed by atoms with van der Waals surface area (Å²) in [7, 11) is -3.68. The van der Waals surface area contributed by atoms with Gasteiger partial charge in [0, 0.05) is 12.1 Å². The monoisotopic (exact) mass is 392 g/mol. The minimum Gasteiger partial charge on any atom is -0.348 e. The molecular weight excluding hydrogens is 367 g/mol. The average molecular weight is 392 g/mol. The van der Waals surface area contributed by atoms with Gasteiger partial charge in [-0.25, -0.2) is 12.8 Å². The van der Waals surface area contributed by atoms with Crippen LogP contribution in [0, 0.1) is 5.82 Å². The average Bonchev–Trinajstić information content (AvgIpc) is 2.62. The maximum Gasteiger partial charge on any atom is 0.235 e. The van der Waals surface area contributed by atoms with Crippen LogP contribution in [-0.4, -0.2) is 31.4 Å². The maximum absolute atomic E-state index is 13.8. The smallest absolute Gasteiger partial charge is 0.235 e. The molecule has 2 aromatic carbocycles. The van der Waals surface area contributed by atoms with E-state index in [-0.39, 0.29) is 24.7 Å². The topological polar surface area (TPSA) is 66.5 Å². The Labute approximate surface area is 160 Å². The fourth-order valence-electron chi connectivity index (χ4n) is 2.68. The van der Waals surface area contributed by atoms with Crippen LogP contribution in [0.2, 0.25) is 0 Å². The van der Waals surface area contributed by atoms with E-state index in [1.807, 2.05) is 31.2 Å². The molecule has 0 aliphatic carbocycles. The molecule has 27 heavy (non-hydrogen) atoms. The Kier molecular flexibility index (Phi) is 7.10. The second kappa shape index (κ2) is 9.10. The maximum atomic E-state index is 13.8. The first-order chi connectivity index (χ1) is 12.7. The molecule has 0 heterocycles. The molecule has 0 aromatic heterocycles. The molecule has 0 spiro atoms. The minimum absolute atomic E-state index is 0.196. The first kappa shape index (κ1) is 21.1. The third-order valence-corrected chi connectivity index (χ3v) is 5.56. The molecule has 0 saturated heterocycles. The Morgan fingerprint density at radius 3 is 2.33 bits per heavy atom. The zero-order valence-corrected chi connectivity index (χ0v) is 16.6. The van der Waals surface area contributed by atoms with Crippen LogP contribution in [0.25, 0.3) is 0 Å². The molecule has 1 N–H and O–H groups in total. The Bertz CT molecular complexity index is 882. The van der Waals surface area contributed by atoms with Crippen molar-refractivity contribution >= 4 is 15.9 Å². The zero-order chi connectivity index (χ0) is 20.0. The van der Waals surface area contributed by atoms with Crippen molar-refractivity contribution in [3.63, 3.8) is 0 Å². The van der Waals surface area contributed by atoms with Crippen LogP contribution in [-0.2, 0) is 27.8 Å². The van der Waals surface area contributed by atoms with Crippen molar-refractivity contribution in [2.45, 2.75) is 32.9 Å². The predicted molar refractivity (Wildman–Crippen MR) is 104 cm³/mol. The van der Waals surface area contributed by atoms with E-state index in [9.17, 15) is 17.6 Å². The SMILES string of the molecule is CCc1ccc([C@H](C)NC(=O)CN(Cc2ccccc2F)S(C)(=O)=O)cc1. The van der Waals surface area contributed by atoms with Gasteiger partial charge in [0.1, 0.15) is 5.82 Å². The molecule has 2 aromatic rings. The van der Waals surface area contributed by atoms with Gasteiger partial charge in [0.05, 0.1) is 18.8 Å². The number of benzene rings is 2. The Morgan fingerprint density at radius 2 is 1.78 bits per heavy atom. The lowest BCUT2D eigenvalue weighted by atomic mass is 10.1. The highest BCUT2D eigenvalue weighted by atomic mass is 32.2. The van der Waals surface area contributed by atoms with Crippen LogP contribution >= 0.6 is 0 Å². The quantitative estimate of drug-likeness (QED) is 0.751. The molecule has 7 heteroatoms. The van der Waals surface area contributed by atoms with E-state index in [0.717, 1.165) is 22.5 Å². The van der Waals surface area contributed by atoms with Crippen molar-refractivity contribution in [2.24, 2.45) is 0 Å². The first-order valence-electron chi connectivity index (χ1n) is 8.77. The molecule has 0 saturated carbocycles. The van der Waals surface area contributed by atoms with Gasteiger partial charge in [-0.15, -0.1) is 0 Å². The molecule has 0 bridgehead atoms. The second-order valence-electron chi connectivity index (χ2n) is 6.51. The van der Waals surface area contributed by atoms with Crippen molar-refractivity contribution in [1.29, 1.82) is 0 Å². The summed E-state index contributed by atoms with van der Waals surface area (Å²) in [5, 5.41) is 2.80. The predicted octanol–water partition coefficient (Wildman–Crippen LogP) is 3.03. The van der Waals surface area contributed by atoms with Gasteiger partial charge in [-0.05, 0) is 30.5 Å². The van der Waals surface area contributed by atoms with Gasteiger partial charge in [-0.2, -0.15) is 4.31 Å². The highest BCUT2D eigenvalue weighted by molar-refractivity contribution is 7.88. The van der Waals surface area contributed by atoms with Crippen LogP contribution in [0.5, 0.6) is 0 Å². The number of aryl methyl sites for hydroxylation is 1. The van der Waals surface area contributed by atoms with E-state index >= 15 is 0 Å². The molecule has 0 radical (unpaired) electrons. The summed E-state index contributed by atoms with van der Waals surface area (Å²) >= 11 is 0. The van der Waals surface area contributed by atoms with Gasteiger partial charge in [-0.1, -0.05) is 49.4 Å². The lowest BCUT2D eigenvalue weighted by molar-refractivity contribution is -0.122. The summed E-state index contributed by atoms with van der Waals surface area (Å²) in [5.41, 5.74) is 2.35. The molecular formula is C20H25FN2O3S. The van der Waals surface area contributed by atoms with Crippen molar-refractivity contribution < 1.29 is 17.6 Å². The van der Waals surface area contributed by atoms with E-state index in [1.54, 1.807) is 6.07 Å². The van der Waals surface area contributed by atoms with E-state index in [1.165, 1.54) is 23.8 Å². The van der Waals surface area contributed by atoms with Crippen LogP contribution in [0.1, 0.15) is 36.6 Å². The molecule has 2 rings (SSSR count). The highest BCUT2D eigenvalue weighted by Gasteiger charge is 2.22. The number of sulfonamides is 1. The zero-order valence-electron chi connectivity index (χ0n) is 15.8. The molecule has 146 valence electrons. The number of nitrogens with one attached hydrogen (secondary N) is 1. The van der Waals surface area contributed by atoms with Crippen molar-refractivity contribution in [2.75, 3.05) is 12.8 Å². The molecule has 0 fully saturated rings. The van der Waals surface area contributed by atoms with Crippen LogP contribution in [0.15, 0.2) is 48.5 Å². The third-order valence-electron chi connectivity index (χ3n) is 4.36. The van der Waals surface area contributed by atoms with Gasteiger partial charge in [0.15, 0.2) is 0 Å². The fourth-order valence-corrected chi connectivity index (χ4v) is 3.41. The molecule has 0 aliphatic heterocycles. The summed E-state index contributed by atoms with van der Waals surface area (Å²) in [6.07, 6.45) is 1.94. The summed E-state index contributed by atoms with van der Waals surface area (Å²) in [6.45, 7) is 3.33. The van der Waals surface area contributed by atoms with Crippen LogP contribution in [0.3, 0.4) is 0 Å². The number of rotatable bonds is 8. The van der Waals surface area contributed by atoms with E-state index in [4.69, 9.17) is 0 Å². The van der Waals surface area contributed by atoms with Crippen LogP contribution < -0.4 is 5.32 Å². The standard InChI is InChI=1S/C20H25FN2O3S/c1-4-16-9-11-17(12-10-16)15(2)22-20(24)14-23(27(3,25)26)13-18-7-5-6-8-19(18)21/h5-12,15H,4,13-14H2,1-3H3,(H,22,24)/t15-/m0/s1. The van der Waals surface area contributed by atoms with Crippen molar-refractivity contribution in [3.8, 4) is 0 Å². The van der Waals surface area contributed by atoms with Gasteiger partial charge >= 0.3 is 0 Å². The van der Waals surface area contributed by atoms with Gasteiger partial charge in [0.25, 0.3) is 0 Å². The summed E-state index contributed by atoms with van der Waals surface area (Å²) in [5.74, 6) is -0.945. The number of hydrogen-bond donors (Lipinski definition) is 1. The number of carbonyl (C=O) groups is 1. The van der Waals surface area contributed by atoms with Gasteiger partial charge in [-0.3, -0.25) is 4.79 Å². The second-order valence-corrected chi connectivity index (χ2v) is 8.49. The Hall–Kier alpha value is -2.25. The lowest BCUT2D eigenvalue weighted by Crippen LogP contribution is -2.40. The Morgan fingerprint density at radius 1 is 1.15 bits per heavy atom. The van der Waals surface area contributed by atoms with E-state index in [0.29, 0.717) is 0 Å². The van der Waals surface area contributed by atoms with Crippen molar-refractivity contribution in [3.05, 3.63) is 71.0 Å². The Balaban J connectivity index is 2.06. The van der Waals surface area contributed by atoms with Gasteiger partial charge < -0.3 is 5.32 Å². The molecule has 1 atom stereocenters.